The summed E-state index contributed by atoms with van der Waals surface area (Å²) < 4.78 is 22.2. The molecule has 24 heteroatoms. The van der Waals surface area contributed by atoms with Gasteiger partial charge in [-0.3, -0.25) is 48.0 Å². The van der Waals surface area contributed by atoms with Gasteiger partial charge in [0, 0.05) is 50.5 Å². The molecule has 4 aliphatic carbocycles. The molecular weight excluding hydrogens is 1670 g/mol. The molecule has 2 atom stereocenters. The number of hydrogen-bond donors (Lipinski definition) is 8. The Bertz CT molecular complexity index is 4340. The number of hydroxylamine groups is 2. The molecule has 8 amide bonds. The SMILES string of the molecule is CC1=CCCC(C)(C)/C1=C\C=C\CC/C(C)=C/C(=O)NCCCC[C@@H](NC(=O)/C=C(C)/C=C/C=C(C)/C=C/C1=C(C)CCCC1(C)C)C(=O)NCCOCCONC(=O)CCOCCOOCCOCCC(=O)NOCCOCCNC(=O)[C@@H](CCCCNC(=O)/C=C(C)/C=C/C=C(C)/C=C/C1=C(C)CCCC1(C)C)NC(=O)/C=C(C)/C=C/C=C(C)/C=C/C1=C(C)CCCC1(C)C. The second-order valence-electron chi connectivity index (χ2n) is 37.7. The lowest BCUT2D eigenvalue weighted by Gasteiger charge is -2.33. The molecule has 0 heterocycles. The number of carbonyl (C=O) groups excluding carboxylic acids is 8. The summed E-state index contributed by atoms with van der Waals surface area (Å²) in [6.07, 6.45) is 62.9. The number of allylic oxidation sites excluding steroid dienone is 34. The zero-order valence-corrected chi connectivity index (χ0v) is 83.6. The van der Waals surface area contributed by atoms with Crippen LogP contribution in [0.2, 0.25) is 0 Å². The van der Waals surface area contributed by atoms with Gasteiger partial charge in [-0.25, -0.2) is 20.7 Å². The average Bonchev–Trinajstić information content (AvgIpc) is 0.833. The minimum absolute atomic E-state index is 0.0170. The Morgan fingerprint density at radius 2 is 0.765 bits per heavy atom. The topological polar surface area (TPSA) is 307 Å². The summed E-state index contributed by atoms with van der Waals surface area (Å²) in [5.41, 5.74) is 23.0. The van der Waals surface area contributed by atoms with E-state index in [1.54, 1.807) is 12.2 Å². The standard InChI is InChI=1S/C108H164N8O16/c1-80(48-51-92-88(9)42-31-57-106(92,14)15)35-27-38-84(5)77-100(120)110-61-26-24-47-96(114-102(122)79-86(7)40-29-37-82(3)50-53-94-90(11)44-33-59-108(94,18)19)104(124)112-63-67-128-69-73-130-116-98(118)55-65-126-71-75-132-131-74-70-125-64-54-97(117)115-129-72-68-127-66-62-111-103(123)95(113-101(121)78-85(6)39-28-36-81(2)49-52-93-89(10)43-32-58-107(93,16)17)46-23-25-60-109-99(119)76-83(4)34-21-20-22-45-91-87(8)41-30-56-105(91,12)13/h20,22,27-29,35-41,45,48-53,76-79,95-96H,21,23-26,30-34,42-44,46-47,54-75H2,1-19H3,(H,109,119)(H,110,120)(H,111,123)(H,112,124)(H,113,121)(H,114,122)(H,115,117)(H,116,118)/b22-20+,38-27+,39-28+,40-29+,51-48+,52-49+,53-50+,80-35+,81-36+,82-37+,83-76+,84-77+,85-78+,86-79+,91-45-/t95-,96-/m1/s1. The Kier molecular flexibility index (Phi) is 56.0. The van der Waals surface area contributed by atoms with Crippen molar-refractivity contribution < 1.29 is 76.8 Å². The number of unbranched alkanes of at least 4 members (excludes halogenated alkanes) is 2. The predicted molar refractivity (Wildman–Crippen MR) is 532 cm³/mol. The fourth-order valence-corrected chi connectivity index (χ4v) is 16.1. The van der Waals surface area contributed by atoms with E-state index in [9.17, 15) is 38.4 Å². The van der Waals surface area contributed by atoms with Crippen LogP contribution < -0.4 is 42.9 Å². The molecule has 0 bridgehead atoms. The van der Waals surface area contributed by atoms with Crippen molar-refractivity contribution in [1.82, 2.24) is 42.9 Å². The number of amides is 8. The molecule has 8 N–H and O–H groups in total. The van der Waals surface area contributed by atoms with E-state index < -0.39 is 35.7 Å². The van der Waals surface area contributed by atoms with Crippen molar-refractivity contribution >= 4 is 47.3 Å². The first-order valence-electron chi connectivity index (χ1n) is 47.9. The second-order valence-corrected chi connectivity index (χ2v) is 37.7. The van der Waals surface area contributed by atoms with Crippen LogP contribution in [0.15, 0.2) is 223 Å². The van der Waals surface area contributed by atoms with Crippen molar-refractivity contribution in [2.45, 2.75) is 278 Å². The first-order chi connectivity index (χ1) is 62.9. The van der Waals surface area contributed by atoms with Crippen LogP contribution >= 0.6 is 0 Å². The maximum atomic E-state index is 13.6. The van der Waals surface area contributed by atoms with E-state index >= 15 is 0 Å². The minimum Gasteiger partial charge on any atom is -0.378 e. The molecule has 24 nitrogen and oxygen atoms in total. The highest BCUT2D eigenvalue weighted by molar-refractivity contribution is 5.94. The number of rotatable bonds is 61. The molecule has 0 aromatic rings. The third-order valence-electron chi connectivity index (χ3n) is 23.7. The van der Waals surface area contributed by atoms with Crippen LogP contribution in [0.4, 0.5) is 0 Å². The fraction of sp³-hybridized carbons (Fsp3) is 0.574. The quantitative estimate of drug-likeness (QED) is 0.00923. The van der Waals surface area contributed by atoms with Gasteiger partial charge in [0.05, 0.1) is 78.9 Å². The van der Waals surface area contributed by atoms with Gasteiger partial charge in [0.25, 0.3) is 0 Å². The molecule has 0 fully saturated rings. The third kappa shape index (κ3) is 50.6. The van der Waals surface area contributed by atoms with E-state index in [4.69, 9.17) is 38.4 Å². The van der Waals surface area contributed by atoms with Gasteiger partial charge in [0.2, 0.25) is 47.3 Å². The number of ether oxygens (including phenoxy) is 4. The fourth-order valence-electron chi connectivity index (χ4n) is 16.1. The summed E-state index contributed by atoms with van der Waals surface area (Å²) >= 11 is 0. The van der Waals surface area contributed by atoms with E-state index in [1.165, 1.54) is 88.8 Å². The molecule has 0 spiro atoms. The normalized spacial score (nSPS) is 18.1. The van der Waals surface area contributed by atoms with Crippen LogP contribution in [-0.2, 0) is 76.8 Å². The van der Waals surface area contributed by atoms with Crippen LogP contribution in [0.3, 0.4) is 0 Å². The highest BCUT2D eigenvalue weighted by Crippen LogP contribution is 2.44. The van der Waals surface area contributed by atoms with E-state index in [0.29, 0.717) is 62.8 Å². The summed E-state index contributed by atoms with van der Waals surface area (Å²) in [5, 5.41) is 17.4. The molecule has 0 aromatic carbocycles. The smallest absolute Gasteiger partial charge is 0.245 e. The van der Waals surface area contributed by atoms with Crippen LogP contribution in [0.1, 0.15) is 266 Å². The molecule has 4 rings (SSSR count). The third-order valence-corrected chi connectivity index (χ3v) is 23.7. The van der Waals surface area contributed by atoms with Crippen molar-refractivity contribution in [1.29, 1.82) is 0 Å². The first-order valence-corrected chi connectivity index (χ1v) is 47.9. The van der Waals surface area contributed by atoms with Gasteiger partial charge in [0.15, 0.2) is 0 Å². The Hall–Kier alpha value is -9.50. The molecule has 4 aliphatic rings. The Morgan fingerprint density at radius 1 is 0.386 bits per heavy atom. The number of hydrogen-bond acceptors (Lipinski definition) is 16. The summed E-state index contributed by atoms with van der Waals surface area (Å²) in [5.74, 6) is -2.76. The van der Waals surface area contributed by atoms with Gasteiger partial charge in [-0.05, 0) is 259 Å². The molecule has 0 saturated heterocycles. The largest absolute Gasteiger partial charge is 0.378 e. The minimum atomic E-state index is -0.854. The first kappa shape index (κ1) is 115. The van der Waals surface area contributed by atoms with Crippen LogP contribution in [0.5, 0.6) is 0 Å². The Morgan fingerprint density at radius 3 is 1.16 bits per heavy atom. The molecule has 132 heavy (non-hydrogen) atoms. The Labute approximate surface area is 791 Å². The maximum absolute atomic E-state index is 13.6. The van der Waals surface area contributed by atoms with Crippen molar-refractivity contribution in [2.75, 3.05) is 105 Å². The zero-order chi connectivity index (χ0) is 97.2. The molecule has 0 aliphatic heterocycles. The van der Waals surface area contributed by atoms with Crippen molar-refractivity contribution in [2.24, 2.45) is 21.7 Å². The molecule has 0 unspecified atom stereocenters. The average molecular weight is 1830 g/mol. The van der Waals surface area contributed by atoms with E-state index in [1.807, 2.05) is 96.2 Å². The summed E-state index contributed by atoms with van der Waals surface area (Å²) in [6.45, 7) is 43.3. The van der Waals surface area contributed by atoms with Gasteiger partial charge < -0.3 is 50.8 Å². The lowest BCUT2D eigenvalue weighted by atomic mass is 9.72. The Balaban J connectivity index is 1.07. The lowest BCUT2D eigenvalue weighted by Crippen LogP contribution is -2.47. The highest BCUT2D eigenvalue weighted by atomic mass is 17.2. The summed E-state index contributed by atoms with van der Waals surface area (Å²) in [7, 11) is 0. The molecule has 0 saturated carbocycles. The van der Waals surface area contributed by atoms with Gasteiger partial charge in [-0.2, -0.15) is 0 Å². The van der Waals surface area contributed by atoms with Crippen LogP contribution in [-0.4, -0.2) is 165 Å². The van der Waals surface area contributed by atoms with Crippen molar-refractivity contribution in [3.63, 3.8) is 0 Å². The second kappa shape index (κ2) is 64.4. The highest BCUT2D eigenvalue weighted by Gasteiger charge is 2.31. The molecule has 0 radical (unpaired) electrons. The molecule has 0 aromatic heterocycles. The molecule has 732 valence electrons. The monoisotopic (exact) mass is 1830 g/mol. The zero-order valence-electron chi connectivity index (χ0n) is 83.6. The number of nitrogens with one attached hydrogen (secondary N) is 8. The van der Waals surface area contributed by atoms with E-state index in [0.717, 1.165) is 79.2 Å². The molecular formula is C108H164N8O16. The van der Waals surface area contributed by atoms with Gasteiger partial charge in [0.1, 0.15) is 25.3 Å². The van der Waals surface area contributed by atoms with E-state index in [2.05, 4.69) is 194 Å². The number of carbonyl (C=O) groups is 8. The lowest BCUT2D eigenvalue weighted by molar-refractivity contribution is -0.303. The van der Waals surface area contributed by atoms with Gasteiger partial charge in [-0.1, -0.05) is 215 Å². The van der Waals surface area contributed by atoms with Crippen molar-refractivity contribution in [3.05, 3.63) is 223 Å². The summed E-state index contributed by atoms with van der Waals surface area (Å²) in [4.78, 5) is 125. The van der Waals surface area contributed by atoms with Crippen molar-refractivity contribution in [3.8, 4) is 0 Å². The predicted octanol–water partition coefficient (Wildman–Crippen LogP) is 19.2. The van der Waals surface area contributed by atoms with E-state index in [-0.39, 0.29) is 151 Å². The maximum Gasteiger partial charge on any atom is 0.245 e. The van der Waals surface area contributed by atoms with Crippen LogP contribution in [0.25, 0.3) is 0 Å². The van der Waals surface area contributed by atoms with Gasteiger partial charge in [-0.15, -0.1) is 0 Å². The van der Waals surface area contributed by atoms with Gasteiger partial charge >= 0.3 is 0 Å². The summed E-state index contributed by atoms with van der Waals surface area (Å²) in [6, 6.07) is -1.70. The van der Waals surface area contributed by atoms with Crippen LogP contribution in [0, 0.1) is 21.7 Å².